The molecule has 9 heteroatoms. The van der Waals surface area contributed by atoms with Crippen molar-refractivity contribution in [3.8, 4) is 0 Å². The fourth-order valence-electron chi connectivity index (χ4n) is 1.25. The zero-order valence-corrected chi connectivity index (χ0v) is 10.8. The summed E-state index contributed by atoms with van der Waals surface area (Å²) >= 11 is 1.08. The number of rotatable bonds is 3. The molecule has 3 N–H and O–H groups in total. The van der Waals surface area contributed by atoms with Gasteiger partial charge in [0.25, 0.3) is 10.0 Å². The van der Waals surface area contributed by atoms with Crippen molar-refractivity contribution in [3.63, 3.8) is 0 Å². The third-order valence-electron chi connectivity index (χ3n) is 1.95. The largest absolute Gasteiger partial charge is 0.399 e. The maximum atomic E-state index is 13.1. The Morgan fingerprint density at radius 2 is 2.06 bits per heavy atom. The SMILES string of the molecule is Cc1nnc(NS(=O)(=O)c2cc(N)cc(F)c2)s1. The first-order chi connectivity index (χ1) is 8.37. The normalized spacial score (nSPS) is 11.4. The summed E-state index contributed by atoms with van der Waals surface area (Å²) in [4.78, 5) is -0.257. The van der Waals surface area contributed by atoms with Crippen molar-refractivity contribution < 1.29 is 12.8 Å². The van der Waals surface area contributed by atoms with Gasteiger partial charge >= 0.3 is 0 Å². The molecule has 1 aromatic carbocycles. The second-order valence-electron chi connectivity index (χ2n) is 3.45. The van der Waals surface area contributed by atoms with Crippen LogP contribution in [0.2, 0.25) is 0 Å². The van der Waals surface area contributed by atoms with Crippen LogP contribution in [0, 0.1) is 12.7 Å². The Labute approximate surface area is 107 Å². The van der Waals surface area contributed by atoms with Crippen molar-refractivity contribution in [2.24, 2.45) is 0 Å². The van der Waals surface area contributed by atoms with Gasteiger partial charge in [0.05, 0.1) is 4.90 Å². The molecule has 1 heterocycles. The Morgan fingerprint density at radius 3 is 2.61 bits per heavy atom. The summed E-state index contributed by atoms with van der Waals surface area (Å²) in [7, 11) is -3.91. The first-order valence-electron chi connectivity index (χ1n) is 4.76. The summed E-state index contributed by atoms with van der Waals surface area (Å²) in [6.07, 6.45) is 0. The number of nitrogens with two attached hydrogens (primary N) is 1. The molecule has 0 saturated heterocycles. The van der Waals surface area contributed by atoms with E-state index < -0.39 is 15.8 Å². The molecule has 0 spiro atoms. The maximum Gasteiger partial charge on any atom is 0.263 e. The minimum absolute atomic E-state index is 0.0313. The Kier molecular flexibility index (Phi) is 3.18. The molecule has 0 bridgehead atoms. The number of aryl methyl sites for hydroxylation is 1. The summed E-state index contributed by atoms with van der Waals surface area (Å²) in [6.45, 7) is 1.69. The molecular weight excluding hydrogens is 279 g/mol. The van der Waals surface area contributed by atoms with E-state index in [2.05, 4.69) is 14.9 Å². The third kappa shape index (κ3) is 2.74. The Hall–Kier alpha value is -1.74. The van der Waals surface area contributed by atoms with Crippen LogP contribution in [0.3, 0.4) is 0 Å². The van der Waals surface area contributed by atoms with Gasteiger partial charge < -0.3 is 5.73 Å². The molecule has 0 aliphatic carbocycles. The molecule has 2 aromatic rings. The van der Waals surface area contributed by atoms with E-state index in [4.69, 9.17) is 5.73 Å². The Bertz CT molecular complexity index is 663. The zero-order valence-electron chi connectivity index (χ0n) is 9.21. The highest BCUT2D eigenvalue weighted by atomic mass is 32.2. The second kappa shape index (κ2) is 4.50. The van der Waals surface area contributed by atoms with E-state index in [9.17, 15) is 12.8 Å². The van der Waals surface area contributed by atoms with Gasteiger partial charge in [-0.15, -0.1) is 10.2 Å². The van der Waals surface area contributed by atoms with E-state index in [1.165, 1.54) is 6.07 Å². The number of halogens is 1. The number of benzene rings is 1. The molecular formula is C9H9FN4O2S2. The van der Waals surface area contributed by atoms with Crippen molar-refractivity contribution in [2.45, 2.75) is 11.8 Å². The monoisotopic (exact) mass is 288 g/mol. The zero-order chi connectivity index (χ0) is 13.3. The fourth-order valence-corrected chi connectivity index (χ4v) is 3.14. The molecule has 2 rings (SSSR count). The number of aromatic nitrogens is 2. The van der Waals surface area contributed by atoms with E-state index in [-0.39, 0.29) is 15.7 Å². The van der Waals surface area contributed by atoms with E-state index in [0.717, 1.165) is 23.5 Å². The van der Waals surface area contributed by atoms with Crippen LogP contribution in [-0.2, 0) is 10.0 Å². The van der Waals surface area contributed by atoms with Crippen LogP contribution in [0.1, 0.15) is 5.01 Å². The van der Waals surface area contributed by atoms with Crippen molar-refractivity contribution in [1.82, 2.24) is 10.2 Å². The summed E-state index contributed by atoms with van der Waals surface area (Å²) < 4.78 is 39.2. The van der Waals surface area contributed by atoms with Gasteiger partial charge in [-0.3, -0.25) is 4.72 Å². The molecule has 18 heavy (non-hydrogen) atoms. The van der Waals surface area contributed by atoms with Gasteiger partial charge in [-0.05, 0) is 25.1 Å². The third-order valence-corrected chi connectivity index (χ3v) is 4.15. The molecule has 0 unspecified atom stereocenters. The van der Waals surface area contributed by atoms with Crippen molar-refractivity contribution >= 4 is 32.2 Å². The van der Waals surface area contributed by atoms with Gasteiger partial charge in [-0.25, -0.2) is 12.8 Å². The molecule has 0 atom stereocenters. The summed E-state index contributed by atoms with van der Waals surface area (Å²) in [6, 6.07) is 3.08. The first kappa shape index (κ1) is 12.7. The van der Waals surface area contributed by atoms with Gasteiger partial charge in [0.2, 0.25) is 5.13 Å². The Balaban J connectivity index is 2.36. The van der Waals surface area contributed by atoms with Gasteiger partial charge in [0.15, 0.2) is 0 Å². The van der Waals surface area contributed by atoms with Crippen LogP contribution in [0.25, 0.3) is 0 Å². The lowest BCUT2D eigenvalue weighted by Crippen LogP contribution is -2.13. The van der Waals surface area contributed by atoms with E-state index in [0.29, 0.717) is 5.01 Å². The summed E-state index contributed by atoms with van der Waals surface area (Å²) in [5.74, 6) is -0.719. The number of sulfonamides is 1. The number of nitrogens with zero attached hydrogens (tertiary/aromatic N) is 2. The average Bonchev–Trinajstić information content (AvgIpc) is 2.61. The van der Waals surface area contributed by atoms with Crippen LogP contribution in [0.5, 0.6) is 0 Å². The minimum Gasteiger partial charge on any atom is -0.399 e. The van der Waals surface area contributed by atoms with Gasteiger partial charge in [0.1, 0.15) is 10.8 Å². The van der Waals surface area contributed by atoms with Gasteiger partial charge in [0, 0.05) is 5.69 Å². The van der Waals surface area contributed by atoms with E-state index in [1.807, 2.05) is 0 Å². The molecule has 1 aromatic heterocycles. The van der Waals surface area contributed by atoms with Crippen LogP contribution >= 0.6 is 11.3 Å². The lowest BCUT2D eigenvalue weighted by atomic mass is 10.3. The number of hydrogen-bond acceptors (Lipinski definition) is 6. The quantitative estimate of drug-likeness (QED) is 0.831. The van der Waals surface area contributed by atoms with Crippen LogP contribution < -0.4 is 10.5 Å². The predicted molar refractivity (Wildman–Crippen MR) is 66.3 cm³/mol. The summed E-state index contributed by atoms with van der Waals surface area (Å²) in [5.41, 5.74) is 5.43. The highest BCUT2D eigenvalue weighted by Gasteiger charge is 2.17. The van der Waals surface area contributed by atoms with Crippen LogP contribution in [0.4, 0.5) is 15.2 Å². The molecule has 0 aliphatic heterocycles. The van der Waals surface area contributed by atoms with Crippen molar-refractivity contribution in [1.29, 1.82) is 0 Å². The van der Waals surface area contributed by atoms with Gasteiger partial charge in [-0.2, -0.15) is 0 Å². The number of anilines is 2. The lowest BCUT2D eigenvalue weighted by Gasteiger charge is -2.05. The molecule has 0 saturated carbocycles. The number of hydrogen-bond donors (Lipinski definition) is 2. The molecule has 96 valence electrons. The molecule has 0 amide bonds. The standard InChI is InChI=1S/C9H9FN4O2S2/c1-5-12-13-9(17-5)14-18(15,16)8-3-6(10)2-7(11)4-8/h2-4H,11H2,1H3,(H,13,14). The highest BCUT2D eigenvalue weighted by molar-refractivity contribution is 7.93. The number of nitrogen functional groups attached to an aromatic ring is 1. The van der Waals surface area contributed by atoms with E-state index >= 15 is 0 Å². The molecule has 0 radical (unpaired) electrons. The van der Waals surface area contributed by atoms with E-state index in [1.54, 1.807) is 6.92 Å². The predicted octanol–water partition coefficient (Wildman–Crippen LogP) is 1.37. The first-order valence-corrected chi connectivity index (χ1v) is 7.06. The average molecular weight is 288 g/mol. The molecule has 0 fully saturated rings. The number of nitrogens with one attached hydrogen (secondary N) is 1. The topological polar surface area (TPSA) is 98.0 Å². The van der Waals surface area contributed by atoms with Crippen molar-refractivity contribution in [3.05, 3.63) is 29.0 Å². The summed E-state index contributed by atoms with van der Waals surface area (Å²) in [5, 5.41) is 8.03. The smallest absolute Gasteiger partial charge is 0.263 e. The highest BCUT2D eigenvalue weighted by Crippen LogP contribution is 2.21. The van der Waals surface area contributed by atoms with Gasteiger partial charge in [-0.1, -0.05) is 11.3 Å². The Morgan fingerprint density at radius 1 is 1.33 bits per heavy atom. The second-order valence-corrected chi connectivity index (χ2v) is 6.32. The van der Waals surface area contributed by atoms with Crippen LogP contribution in [-0.4, -0.2) is 18.6 Å². The van der Waals surface area contributed by atoms with Crippen molar-refractivity contribution in [2.75, 3.05) is 10.5 Å². The lowest BCUT2D eigenvalue weighted by molar-refractivity contribution is 0.595. The van der Waals surface area contributed by atoms with Crippen LogP contribution in [0.15, 0.2) is 23.1 Å². The maximum absolute atomic E-state index is 13.1. The molecule has 6 nitrogen and oxygen atoms in total. The fraction of sp³-hybridized carbons (Fsp3) is 0.111. The minimum atomic E-state index is -3.91. The molecule has 0 aliphatic rings.